The lowest BCUT2D eigenvalue weighted by atomic mass is 10.2. The first kappa shape index (κ1) is 17.0. The van der Waals surface area contributed by atoms with Gasteiger partial charge in [0.25, 0.3) is 5.91 Å². The number of amides is 1. The lowest BCUT2D eigenvalue weighted by Crippen LogP contribution is -2.11. The summed E-state index contributed by atoms with van der Waals surface area (Å²) in [6.07, 6.45) is 3.30. The van der Waals surface area contributed by atoms with E-state index >= 15 is 0 Å². The number of nitrogens with zero attached hydrogens (tertiary/aromatic N) is 2. The van der Waals surface area contributed by atoms with E-state index < -0.39 is 0 Å². The first-order valence-electron chi connectivity index (χ1n) is 8.01. The number of hydrogen-bond acceptors (Lipinski definition) is 7. The molecule has 0 aliphatic heterocycles. The molecule has 1 N–H and O–H groups in total. The van der Waals surface area contributed by atoms with Crippen molar-refractivity contribution in [3.63, 3.8) is 0 Å². The molecule has 7 nitrogen and oxygen atoms in total. The smallest absolute Gasteiger partial charge is 0.256 e. The van der Waals surface area contributed by atoms with Crippen molar-refractivity contribution in [1.82, 2.24) is 9.97 Å². The van der Waals surface area contributed by atoms with Crippen molar-refractivity contribution in [2.45, 2.75) is 0 Å². The summed E-state index contributed by atoms with van der Waals surface area (Å²) in [6, 6.07) is 10.4. The predicted octanol–water partition coefficient (Wildman–Crippen LogP) is 4.22. The fourth-order valence-electron chi connectivity index (χ4n) is 2.53. The highest BCUT2D eigenvalue weighted by Gasteiger charge is 2.14. The van der Waals surface area contributed by atoms with Gasteiger partial charge in [-0.1, -0.05) is 0 Å². The molecule has 8 heteroatoms. The zero-order valence-electron chi connectivity index (χ0n) is 14.6. The fraction of sp³-hybridized carbons (Fsp3) is 0.105. The monoisotopic (exact) mass is 381 g/mol. The third-order valence-electron chi connectivity index (χ3n) is 3.86. The van der Waals surface area contributed by atoms with E-state index in [1.807, 2.05) is 12.1 Å². The Morgan fingerprint density at radius 1 is 1.11 bits per heavy atom. The Kier molecular flexibility index (Phi) is 4.47. The molecule has 0 aliphatic carbocycles. The molecule has 3 aromatic heterocycles. The number of benzene rings is 1. The van der Waals surface area contributed by atoms with Gasteiger partial charge in [0.15, 0.2) is 5.58 Å². The average molecular weight is 381 g/mol. The van der Waals surface area contributed by atoms with Gasteiger partial charge in [-0.05, 0) is 24.3 Å². The average Bonchev–Trinajstić information content (AvgIpc) is 3.34. The van der Waals surface area contributed by atoms with Crippen LogP contribution < -0.4 is 14.8 Å². The molecular formula is C19H15N3O4S. The molecule has 3 heterocycles. The van der Waals surface area contributed by atoms with E-state index in [-0.39, 0.29) is 5.91 Å². The number of fused-ring (bicyclic) bond motifs is 1. The number of methoxy groups -OCH3 is 2. The number of pyridine rings is 1. The number of thiophene rings is 1. The van der Waals surface area contributed by atoms with Gasteiger partial charge in [0, 0.05) is 23.9 Å². The second-order valence-corrected chi connectivity index (χ2v) is 6.67. The van der Waals surface area contributed by atoms with Gasteiger partial charge in [0.05, 0.1) is 30.3 Å². The minimum Gasteiger partial charge on any atom is -0.497 e. The summed E-state index contributed by atoms with van der Waals surface area (Å²) in [7, 11) is 3.08. The Morgan fingerprint density at radius 2 is 1.89 bits per heavy atom. The third kappa shape index (κ3) is 3.47. The number of anilines is 1. The van der Waals surface area contributed by atoms with Crippen molar-refractivity contribution >= 4 is 33.3 Å². The first-order valence-corrected chi connectivity index (χ1v) is 8.83. The van der Waals surface area contributed by atoms with Gasteiger partial charge in [0.2, 0.25) is 5.89 Å². The summed E-state index contributed by atoms with van der Waals surface area (Å²) >= 11 is 1.37. The van der Waals surface area contributed by atoms with E-state index in [1.165, 1.54) is 25.6 Å². The molecular weight excluding hydrogens is 366 g/mol. The van der Waals surface area contributed by atoms with Gasteiger partial charge < -0.3 is 19.2 Å². The van der Waals surface area contributed by atoms with Crippen molar-refractivity contribution in [3.8, 4) is 22.3 Å². The van der Waals surface area contributed by atoms with Crippen molar-refractivity contribution in [1.29, 1.82) is 0 Å². The number of aromatic nitrogens is 2. The maximum absolute atomic E-state index is 12.6. The normalized spacial score (nSPS) is 10.7. The molecule has 4 aromatic rings. The number of nitrogens with one attached hydrogen (secondary N) is 1. The molecule has 27 heavy (non-hydrogen) atoms. The lowest BCUT2D eigenvalue weighted by molar-refractivity contribution is 0.102. The Morgan fingerprint density at radius 3 is 2.59 bits per heavy atom. The number of ether oxygens (including phenoxy) is 2. The van der Waals surface area contributed by atoms with Crippen LogP contribution in [0.5, 0.6) is 11.5 Å². The molecule has 0 atom stereocenters. The highest BCUT2D eigenvalue weighted by molar-refractivity contribution is 7.19. The van der Waals surface area contributed by atoms with Gasteiger partial charge in [-0.25, -0.2) is 4.98 Å². The van der Waals surface area contributed by atoms with Crippen LogP contribution in [0.25, 0.3) is 21.9 Å². The van der Waals surface area contributed by atoms with Crippen molar-refractivity contribution < 1.29 is 18.7 Å². The van der Waals surface area contributed by atoms with E-state index in [1.54, 1.807) is 36.7 Å². The molecule has 0 radical (unpaired) electrons. The number of rotatable bonds is 5. The van der Waals surface area contributed by atoms with E-state index in [0.717, 1.165) is 4.88 Å². The van der Waals surface area contributed by atoms with Crippen LogP contribution in [0.1, 0.15) is 10.4 Å². The minimum absolute atomic E-state index is 0.262. The largest absolute Gasteiger partial charge is 0.497 e. The fourth-order valence-corrected chi connectivity index (χ4v) is 3.36. The summed E-state index contributed by atoms with van der Waals surface area (Å²) in [5.74, 6) is 1.33. The molecule has 0 unspecified atom stereocenters. The SMILES string of the molecule is COc1cc(OC)cc(C(=O)Nc2ccc(-c3nc4cnccc4o3)s2)c1. The lowest BCUT2D eigenvalue weighted by Gasteiger charge is -2.08. The van der Waals surface area contributed by atoms with Crippen LogP contribution in [0.2, 0.25) is 0 Å². The van der Waals surface area contributed by atoms with E-state index in [4.69, 9.17) is 13.9 Å². The Balaban J connectivity index is 1.56. The zero-order valence-corrected chi connectivity index (χ0v) is 15.4. The molecule has 4 rings (SSSR count). The van der Waals surface area contributed by atoms with Crippen LogP contribution in [-0.4, -0.2) is 30.1 Å². The van der Waals surface area contributed by atoms with Crippen molar-refractivity contribution in [2.75, 3.05) is 19.5 Å². The molecule has 0 saturated carbocycles. The zero-order chi connectivity index (χ0) is 18.8. The molecule has 0 spiro atoms. The third-order valence-corrected chi connectivity index (χ3v) is 4.85. The van der Waals surface area contributed by atoms with E-state index in [9.17, 15) is 4.79 Å². The number of oxazole rings is 1. The Labute approximate surface area is 158 Å². The van der Waals surface area contributed by atoms with Gasteiger partial charge in [-0.2, -0.15) is 0 Å². The summed E-state index contributed by atoms with van der Waals surface area (Å²) < 4.78 is 16.1. The number of carbonyl (C=O) groups is 1. The predicted molar refractivity (Wildman–Crippen MR) is 103 cm³/mol. The van der Waals surface area contributed by atoms with Gasteiger partial charge >= 0.3 is 0 Å². The van der Waals surface area contributed by atoms with Crippen molar-refractivity contribution in [3.05, 3.63) is 54.4 Å². The van der Waals surface area contributed by atoms with Crippen LogP contribution in [-0.2, 0) is 0 Å². The first-order chi connectivity index (χ1) is 13.2. The number of carbonyl (C=O) groups excluding carboxylic acids is 1. The van der Waals surface area contributed by atoms with Crippen LogP contribution >= 0.6 is 11.3 Å². The molecule has 136 valence electrons. The summed E-state index contributed by atoms with van der Waals surface area (Å²) in [5, 5.41) is 3.55. The molecule has 1 aromatic carbocycles. The van der Waals surface area contributed by atoms with E-state index in [0.29, 0.717) is 39.1 Å². The maximum Gasteiger partial charge on any atom is 0.256 e. The molecule has 0 aliphatic rings. The Hall–Kier alpha value is -3.39. The second kappa shape index (κ2) is 7.08. The summed E-state index contributed by atoms with van der Waals surface area (Å²) in [6.45, 7) is 0. The summed E-state index contributed by atoms with van der Waals surface area (Å²) in [5.41, 5.74) is 1.80. The van der Waals surface area contributed by atoms with Crippen LogP contribution in [0.4, 0.5) is 5.00 Å². The van der Waals surface area contributed by atoms with Gasteiger partial charge in [-0.15, -0.1) is 11.3 Å². The highest BCUT2D eigenvalue weighted by Crippen LogP contribution is 2.33. The van der Waals surface area contributed by atoms with Crippen LogP contribution in [0.3, 0.4) is 0 Å². The standard InChI is InChI=1S/C19H15N3O4S/c1-24-12-7-11(8-13(9-12)25-2)18(23)22-17-4-3-16(27-17)19-21-14-10-20-6-5-15(14)26-19/h3-10H,1-2H3,(H,22,23). The Bertz CT molecular complexity index is 1060. The minimum atomic E-state index is -0.262. The van der Waals surface area contributed by atoms with Gasteiger partial charge in [-0.3, -0.25) is 9.78 Å². The highest BCUT2D eigenvalue weighted by atomic mass is 32.1. The summed E-state index contributed by atoms with van der Waals surface area (Å²) in [4.78, 5) is 21.8. The quantitative estimate of drug-likeness (QED) is 0.557. The molecule has 0 saturated heterocycles. The van der Waals surface area contributed by atoms with E-state index in [2.05, 4.69) is 15.3 Å². The van der Waals surface area contributed by atoms with Crippen molar-refractivity contribution in [2.24, 2.45) is 0 Å². The van der Waals surface area contributed by atoms with Gasteiger partial charge in [0.1, 0.15) is 17.0 Å². The molecule has 0 bridgehead atoms. The second-order valence-electron chi connectivity index (χ2n) is 5.58. The molecule has 1 amide bonds. The van der Waals surface area contributed by atoms with Crippen LogP contribution in [0, 0.1) is 0 Å². The van der Waals surface area contributed by atoms with Crippen LogP contribution in [0.15, 0.2) is 53.2 Å². The molecule has 0 fully saturated rings. The maximum atomic E-state index is 12.6. The number of hydrogen-bond donors (Lipinski definition) is 1. The topological polar surface area (TPSA) is 86.5 Å².